The number of hydrogen-bond donors (Lipinski definition) is 1. The lowest BCUT2D eigenvalue weighted by Crippen LogP contribution is -2.18. The second-order valence-electron chi connectivity index (χ2n) is 7.99. The fraction of sp³-hybridized carbons (Fsp3) is 0.882. The van der Waals surface area contributed by atoms with Crippen molar-refractivity contribution in [2.45, 2.75) is 80.1 Å². The van der Waals surface area contributed by atoms with Crippen LogP contribution in [-0.4, -0.2) is 6.54 Å². The summed E-state index contributed by atoms with van der Waals surface area (Å²) in [7, 11) is 0. The summed E-state index contributed by atoms with van der Waals surface area (Å²) < 4.78 is 0. The Bertz CT molecular complexity index is 227. The summed E-state index contributed by atoms with van der Waals surface area (Å²) in [4.78, 5) is 0. The fourth-order valence-electron chi connectivity index (χ4n) is 2.10. The Labute approximate surface area is 115 Å². The average Bonchev–Trinajstić information content (AvgIpc) is 2.11. The van der Waals surface area contributed by atoms with Crippen molar-refractivity contribution in [3.63, 3.8) is 0 Å². The summed E-state index contributed by atoms with van der Waals surface area (Å²) in [6.07, 6.45) is 7.75. The monoisotopic (exact) mass is 253 g/mol. The van der Waals surface area contributed by atoms with Crippen molar-refractivity contribution >= 4 is 0 Å². The van der Waals surface area contributed by atoms with Gasteiger partial charge in [0.1, 0.15) is 0 Å². The van der Waals surface area contributed by atoms with Crippen LogP contribution in [0.2, 0.25) is 0 Å². The molecular formula is C17H35N. The van der Waals surface area contributed by atoms with Gasteiger partial charge < -0.3 is 5.32 Å². The SMILES string of the molecule is C=C(CC(C)(C)C)NCCCCCCC(C)(C)C. The molecule has 18 heavy (non-hydrogen) atoms. The highest BCUT2D eigenvalue weighted by Gasteiger charge is 2.11. The van der Waals surface area contributed by atoms with E-state index in [0.29, 0.717) is 10.8 Å². The third-order valence-corrected chi connectivity index (χ3v) is 2.97. The smallest absolute Gasteiger partial charge is 0.0143 e. The van der Waals surface area contributed by atoms with Gasteiger partial charge in [0.15, 0.2) is 0 Å². The highest BCUT2D eigenvalue weighted by molar-refractivity contribution is 4.94. The van der Waals surface area contributed by atoms with E-state index in [9.17, 15) is 0 Å². The van der Waals surface area contributed by atoms with Crippen LogP contribution in [0.15, 0.2) is 12.3 Å². The third kappa shape index (κ3) is 13.6. The first-order chi connectivity index (χ1) is 8.10. The molecule has 0 unspecified atom stereocenters. The Hall–Kier alpha value is -0.460. The van der Waals surface area contributed by atoms with Crippen LogP contribution >= 0.6 is 0 Å². The van der Waals surface area contributed by atoms with Crippen LogP contribution in [0.3, 0.4) is 0 Å². The largest absolute Gasteiger partial charge is 0.389 e. The molecule has 0 aliphatic rings. The minimum absolute atomic E-state index is 0.344. The van der Waals surface area contributed by atoms with Gasteiger partial charge in [-0.2, -0.15) is 0 Å². The molecule has 0 fully saturated rings. The molecule has 0 aliphatic heterocycles. The molecule has 0 saturated carbocycles. The standard InChI is InChI=1S/C17H35N/c1-15(14-17(5,6)7)18-13-11-9-8-10-12-16(2,3)4/h18H,1,8-14H2,2-7H3. The first-order valence-corrected chi connectivity index (χ1v) is 7.52. The van der Waals surface area contributed by atoms with Crippen molar-refractivity contribution in [2.75, 3.05) is 6.54 Å². The van der Waals surface area contributed by atoms with Crippen LogP contribution in [0.25, 0.3) is 0 Å². The summed E-state index contributed by atoms with van der Waals surface area (Å²) in [6.45, 7) is 18.9. The summed E-state index contributed by atoms with van der Waals surface area (Å²) >= 11 is 0. The average molecular weight is 253 g/mol. The second kappa shape index (κ2) is 7.86. The molecule has 0 rings (SSSR count). The molecule has 0 bridgehead atoms. The van der Waals surface area contributed by atoms with Crippen molar-refractivity contribution < 1.29 is 0 Å². The number of hydrogen-bond acceptors (Lipinski definition) is 1. The van der Waals surface area contributed by atoms with Gasteiger partial charge in [0, 0.05) is 12.2 Å². The maximum atomic E-state index is 4.10. The van der Waals surface area contributed by atoms with Crippen LogP contribution < -0.4 is 5.32 Å². The van der Waals surface area contributed by atoms with Gasteiger partial charge in [-0.25, -0.2) is 0 Å². The predicted octanol–water partition coefficient (Wildman–Crippen LogP) is 5.52. The Balaban J connectivity index is 3.39. The lowest BCUT2D eigenvalue weighted by atomic mass is 9.89. The molecule has 0 amide bonds. The predicted molar refractivity (Wildman–Crippen MR) is 83.8 cm³/mol. The number of nitrogens with one attached hydrogen (secondary N) is 1. The summed E-state index contributed by atoms with van der Waals surface area (Å²) in [5, 5.41) is 3.45. The highest BCUT2D eigenvalue weighted by atomic mass is 14.9. The van der Waals surface area contributed by atoms with Gasteiger partial charge in [0.05, 0.1) is 0 Å². The number of rotatable bonds is 8. The molecule has 0 saturated heterocycles. The van der Waals surface area contributed by atoms with Gasteiger partial charge in [-0.3, -0.25) is 0 Å². The Kier molecular flexibility index (Phi) is 7.66. The van der Waals surface area contributed by atoms with Crippen LogP contribution in [0.1, 0.15) is 80.1 Å². The van der Waals surface area contributed by atoms with E-state index in [0.717, 1.165) is 13.0 Å². The Morgan fingerprint density at radius 2 is 1.39 bits per heavy atom. The van der Waals surface area contributed by atoms with E-state index in [1.807, 2.05) is 0 Å². The summed E-state index contributed by atoms with van der Waals surface area (Å²) in [5.74, 6) is 0. The summed E-state index contributed by atoms with van der Waals surface area (Å²) in [6, 6.07) is 0. The lowest BCUT2D eigenvalue weighted by molar-refractivity contribution is 0.356. The van der Waals surface area contributed by atoms with Gasteiger partial charge in [-0.1, -0.05) is 67.4 Å². The first kappa shape index (κ1) is 17.5. The zero-order valence-corrected chi connectivity index (χ0v) is 13.7. The highest BCUT2D eigenvalue weighted by Crippen LogP contribution is 2.23. The van der Waals surface area contributed by atoms with E-state index < -0.39 is 0 Å². The zero-order valence-electron chi connectivity index (χ0n) is 13.7. The minimum atomic E-state index is 0.344. The molecule has 0 heterocycles. The van der Waals surface area contributed by atoms with Gasteiger partial charge in [0.2, 0.25) is 0 Å². The van der Waals surface area contributed by atoms with Crippen molar-refractivity contribution in [1.29, 1.82) is 0 Å². The molecular weight excluding hydrogens is 218 g/mol. The molecule has 0 atom stereocenters. The molecule has 1 heteroatoms. The lowest BCUT2D eigenvalue weighted by Gasteiger charge is -2.20. The van der Waals surface area contributed by atoms with Gasteiger partial charge in [-0.15, -0.1) is 0 Å². The van der Waals surface area contributed by atoms with E-state index in [-0.39, 0.29) is 0 Å². The van der Waals surface area contributed by atoms with Gasteiger partial charge in [-0.05, 0) is 30.1 Å². The van der Waals surface area contributed by atoms with Crippen LogP contribution in [-0.2, 0) is 0 Å². The number of unbranched alkanes of at least 4 members (excludes halogenated alkanes) is 3. The molecule has 108 valence electrons. The third-order valence-electron chi connectivity index (χ3n) is 2.97. The van der Waals surface area contributed by atoms with Crippen molar-refractivity contribution in [3.8, 4) is 0 Å². The molecule has 0 radical (unpaired) electrons. The van der Waals surface area contributed by atoms with E-state index in [1.165, 1.54) is 37.8 Å². The van der Waals surface area contributed by atoms with Gasteiger partial charge in [0.25, 0.3) is 0 Å². The quantitative estimate of drug-likeness (QED) is 0.561. The molecule has 1 nitrogen and oxygen atoms in total. The molecule has 0 aromatic heterocycles. The van der Waals surface area contributed by atoms with Crippen LogP contribution in [0, 0.1) is 10.8 Å². The number of allylic oxidation sites excluding steroid dienone is 1. The van der Waals surface area contributed by atoms with Crippen molar-refractivity contribution in [2.24, 2.45) is 10.8 Å². The van der Waals surface area contributed by atoms with Crippen LogP contribution in [0.5, 0.6) is 0 Å². The Morgan fingerprint density at radius 1 is 0.833 bits per heavy atom. The Morgan fingerprint density at radius 3 is 1.89 bits per heavy atom. The molecule has 0 aromatic carbocycles. The first-order valence-electron chi connectivity index (χ1n) is 7.52. The normalized spacial score (nSPS) is 12.6. The molecule has 1 N–H and O–H groups in total. The van der Waals surface area contributed by atoms with Crippen LogP contribution in [0.4, 0.5) is 0 Å². The van der Waals surface area contributed by atoms with Gasteiger partial charge >= 0.3 is 0 Å². The topological polar surface area (TPSA) is 12.0 Å². The molecule has 0 aliphatic carbocycles. The fourth-order valence-corrected chi connectivity index (χ4v) is 2.10. The van der Waals surface area contributed by atoms with Crippen molar-refractivity contribution in [3.05, 3.63) is 12.3 Å². The van der Waals surface area contributed by atoms with E-state index in [2.05, 4.69) is 53.4 Å². The summed E-state index contributed by atoms with van der Waals surface area (Å²) in [5.41, 5.74) is 2.04. The minimum Gasteiger partial charge on any atom is -0.389 e. The van der Waals surface area contributed by atoms with E-state index in [4.69, 9.17) is 0 Å². The van der Waals surface area contributed by atoms with E-state index >= 15 is 0 Å². The molecule has 0 spiro atoms. The second-order valence-corrected chi connectivity index (χ2v) is 7.99. The maximum Gasteiger partial charge on any atom is 0.0143 e. The molecule has 0 aromatic rings. The van der Waals surface area contributed by atoms with E-state index in [1.54, 1.807) is 0 Å². The maximum absolute atomic E-state index is 4.10. The zero-order chi connectivity index (χ0) is 14.2. The van der Waals surface area contributed by atoms with Crippen molar-refractivity contribution in [1.82, 2.24) is 5.32 Å².